The van der Waals surface area contributed by atoms with Gasteiger partial charge >= 0.3 is 5.97 Å². The third kappa shape index (κ3) is 3.38. The zero-order chi connectivity index (χ0) is 13.2. The first kappa shape index (κ1) is 13.4. The van der Waals surface area contributed by atoms with E-state index in [1.54, 1.807) is 0 Å². The molecule has 0 saturated heterocycles. The molecular formula is C9H11NO6S. The minimum Gasteiger partial charge on any atom is -0.480 e. The Kier molecular flexibility index (Phi) is 3.66. The van der Waals surface area contributed by atoms with E-state index in [9.17, 15) is 22.8 Å². The summed E-state index contributed by atoms with van der Waals surface area (Å²) in [5.41, 5.74) is 0. The van der Waals surface area contributed by atoms with Gasteiger partial charge in [-0.15, -0.1) is 0 Å². The maximum atomic E-state index is 11.3. The van der Waals surface area contributed by atoms with Gasteiger partial charge in [0.05, 0.1) is 5.75 Å². The van der Waals surface area contributed by atoms with Crippen molar-refractivity contribution in [2.45, 2.75) is 12.5 Å². The van der Waals surface area contributed by atoms with Gasteiger partial charge in [0.15, 0.2) is 0 Å². The van der Waals surface area contributed by atoms with E-state index < -0.39 is 39.4 Å². The predicted molar refractivity (Wildman–Crippen MR) is 56.7 cm³/mol. The zero-order valence-electron chi connectivity index (χ0n) is 8.99. The summed E-state index contributed by atoms with van der Waals surface area (Å²) < 4.78 is 21.9. The molecule has 0 fully saturated rings. The topological polar surface area (TPSA) is 109 Å². The fourth-order valence-electron chi connectivity index (χ4n) is 1.41. The number of nitrogens with zero attached hydrogens (tertiary/aromatic N) is 1. The van der Waals surface area contributed by atoms with Gasteiger partial charge in [0.1, 0.15) is 15.9 Å². The van der Waals surface area contributed by atoms with E-state index in [0.29, 0.717) is 4.90 Å². The highest BCUT2D eigenvalue weighted by Crippen LogP contribution is 2.13. The van der Waals surface area contributed by atoms with Crippen LogP contribution >= 0.6 is 0 Å². The highest BCUT2D eigenvalue weighted by molar-refractivity contribution is 7.90. The molecule has 0 radical (unpaired) electrons. The first-order valence-corrected chi connectivity index (χ1v) is 6.74. The number of aliphatic carboxylic acids is 1. The number of carbonyl (C=O) groups excluding carboxylic acids is 2. The van der Waals surface area contributed by atoms with Crippen molar-refractivity contribution in [1.29, 1.82) is 0 Å². The van der Waals surface area contributed by atoms with E-state index in [-0.39, 0.29) is 6.42 Å². The largest absolute Gasteiger partial charge is 0.480 e. The molecule has 0 aromatic carbocycles. The van der Waals surface area contributed by atoms with Gasteiger partial charge in [0.2, 0.25) is 0 Å². The number of carbonyl (C=O) groups is 3. The lowest BCUT2D eigenvalue weighted by atomic mass is 10.2. The van der Waals surface area contributed by atoms with Gasteiger partial charge in [-0.1, -0.05) is 0 Å². The fourth-order valence-corrected chi connectivity index (χ4v) is 2.06. The molecule has 1 atom stereocenters. The smallest absolute Gasteiger partial charge is 0.326 e. The third-order valence-corrected chi connectivity index (χ3v) is 3.18. The minimum atomic E-state index is -3.35. The fraction of sp³-hybridized carbons (Fsp3) is 0.444. The van der Waals surface area contributed by atoms with Gasteiger partial charge in [-0.05, 0) is 6.42 Å². The Morgan fingerprint density at radius 2 is 1.82 bits per heavy atom. The van der Waals surface area contributed by atoms with Gasteiger partial charge in [0.25, 0.3) is 11.8 Å². The van der Waals surface area contributed by atoms with Crippen LogP contribution in [0.3, 0.4) is 0 Å². The molecule has 2 amide bonds. The standard InChI is InChI=1S/C9H11NO6S/c1-17(15,16)5-4-6(9(13)14)10-7(11)2-3-8(10)12/h2-3,6H,4-5H2,1H3,(H,13,14)/t6-/m1/s1. The molecule has 0 saturated carbocycles. The second-order valence-corrected chi connectivity index (χ2v) is 5.91. The molecule has 0 spiro atoms. The second-order valence-electron chi connectivity index (χ2n) is 3.65. The van der Waals surface area contributed by atoms with E-state index in [1.807, 2.05) is 0 Å². The van der Waals surface area contributed by atoms with Crippen molar-refractivity contribution in [3.63, 3.8) is 0 Å². The Hall–Kier alpha value is -1.70. The molecule has 1 N–H and O–H groups in total. The van der Waals surface area contributed by atoms with Gasteiger partial charge in [0, 0.05) is 18.4 Å². The molecule has 0 bridgehead atoms. The van der Waals surface area contributed by atoms with E-state index in [2.05, 4.69) is 0 Å². The zero-order valence-corrected chi connectivity index (χ0v) is 9.81. The molecule has 1 rings (SSSR count). The lowest BCUT2D eigenvalue weighted by Crippen LogP contribution is -2.45. The summed E-state index contributed by atoms with van der Waals surface area (Å²) in [5.74, 6) is -3.29. The summed E-state index contributed by atoms with van der Waals surface area (Å²) in [6.07, 6.45) is 2.56. The second kappa shape index (κ2) is 4.66. The summed E-state index contributed by atoms with van der Waals surface area (Å²) >= 11 is 0. The number of carboxylic acids is 1. The van der Waals surface area contributed by atoms with Crippen LogP contribution < -0.4 is 0 Å². The van der Waals surface area contributed by atoms with Crippen LogP contribution in [-0.2, 0) is 24.2 Å². The lowest BCUT2D eigenvalue weighted by Gasteiger charge is -2.21. The summed E-state index contributed by atoms with van der Waals surface area (Å²) in [7, 11) is -3.35. The molecule has 1 heterocycles. The molecule has 0 aliphatic carbocycles. The molecule has 1 aliphatic rings. The Morgan fingerprint density at radius 1 is 1.35 bits per heavy atom. The highest BCUT2D eigenvalue weighted by atomic mass is 32.2. The van der Waals surface area contributed by atoms with Crippen LogP contribution in [0.5, 0.6) is 0 Å². The van der Waals surface area contributed by atoms with Crippen LogP contribution in [-0.4, -0.2) is 54.3 Å². The van der Waals surface area contributed by atoms with Gasteiger partial charge < -0.3 is 5.11 Å². The minimum absolute atomic E-state index is 0.312. The van der Waals surface area contributed by atoms with Crippen LogP contribution in [0.4, 0.5) is 0 Å². The van der Waals surface area contributed by atoms with Crippen LogP contribution in [0.1, 0.15) is 6.42 Å². The van der Waals surface area contributed by atoms with Gasteiger partial charge in [-0.25, -0.2) is 13.2 Å². The monoisotopic (exact) mass is 261 g/mol. The molecule has 1 aliphatic heterocycles. The average molecular weight is 261 g/mol. The summed E-state index contributed by atoms with van der Waals surface area (Å²) in [5, 5.41) is 8.90. The Labute approximate surface area is 97.6 Å². The van der Waals surface area contributed by atoms with Crippen LogP contribution in [0.25, 0.3) is 0 Å². The molecule has 0 aromatic heterocycles. The van der Waals surface area contributed by atoms with E-state index in [0.717, 1.165) is 18.4 Å². The molecule has 0 unspecified atom stereocenters. The van der Waals surface area contributed by atoms with E-state index in [1.165, 1.54) is 0 Å². The maximum absolute atomic E-state index is 11.3. The van der Waals surface area contributed by atoms with Crippen molar-refractivity contribution in [2.24, 2.45) is 0 Å². The van der Waals surface area contributed by atoms with Crippen molar-refractivity contribution < 1.29 is 27.9 Å². The summed E-state index contributed by atoms with van der Waals surface area (Å²) in [6.45, 7) is 0. The molecule has 0 aromatic rings. The molecule has 94 valence electrons. The van der Waals surface area contributed by atoms with Crippen LogP contribution in [0, 0.1) is 0 Å². The average Bonchev–Trinajstić information content (AvgIpc) is 2.47. The van der Waals surface area contributed by atoms with Crippen molar-refractivity contribution in [1.82, 2.24) is 4.90 Å². The van der Waals surface area contributed by atoms with E-state index in [4.69, 9.17) is 5.11 Å². The lowest BCUT2D eigenvalue weighted by molar-refractivity contribution is -0.153. The van der Waals surface area contributed by atoms with Gasteiger partial charge in [-0.2, -0.15) is 0 Å². The van der Waals surface area contributed by atoms with Gasteiger partial charge in [-0.3, -0.25) is 14.5 Å². The number of rotatable bonds is 5. The number of sulfone groups is 1. The molecule has 8 heteroatoms. The van der Waals surface area contributed by atoms with Crippen molar-refractivity contribution in [3.8, 4) is 0 Å². The Bertz CT molecular complexity index is 474. The van der Waals surface area contributed by atoms with Crippen LogP contribution in [0.15, 0.2) is 12.2 Å². The molecular weight excluding hydrogens is 250 g/mol. The normalized spacial score (nSPS) is 17.6. The SMILES string of the molecule is CS(=O)(=O)CC[C@H](C(=O)O)N1C(=O)C=CC1=O. The maximum Gasteiger partial charge on any atom is 0.326 e. The number of carboxylic acid groups (broad SMARTS) is 1. The number of imide groups is 1. The number of hydrogen-bond acceptors (Lipinski definition) is 5. The summed E-state index contributed by atoms with van der Waals surface area (Å²) in [6, 6.07) is -1.44. The third-order valence-electron chi connectivity index (χ3n) is 2.20. The Balaban J connectivity index is 2.84. The molecule has 17 heavy (non-hydrogen) atoms. The van der Waals surface area contributed by atoms with E-state index >= 15 is 0 Å². The number of hydrogen-bond donors (Lipinski definition) is 1. The molecule has 7 nitrogen and oxygen atoms in total. The highest BCUT2D eigenvalue weighted by Gasteiger charge is 2.36. The summed E-state index contributed by atoms with van der Waals surface area (Å²) in [4.78, 5) is 34.0. The number of amides is 2. The Morgan fingerprint density at radius 3 is 2.18 bits per heavy atom. The quantitative estimate of drug-likeness (QED) is 0.622. The predicted octanol–water partition coefficient (Wildman–Crippen LogP) is -1.20. The first-order valence-electron chi connectivity index (χ1n) is 4.68. The van der Waals surface area contributed by atoms with Crippen molar-refractivity contribution in [2.75, 3.05) is 12.0 Å². The van der Waals surface area contributed by atoms with Crippen molar-refractivity contribution in [3.05, 3.63) is 12.2 Å². The van der Waals surface area contributed by atoms with Crippen LogP contribution in [0.2, 0.25) is 0 Å². The first-order chi connectivity index (χ1) is 7.72. The van der Waals surface area contributed by atoms with Crippen molar-refractivity contribution >= 4 is 27.6 Å².